The van der Waals surface area contributed by atoms with Gasteiger partial charge in [0.1, 0.15) is 0 Å². The SMILES string of the molecule is CCNC(=NCCCOCC1CC1)NCCc1c(C)[nH]c2ccccc12. The summed E-state index contributed by atoms with van der Waals surface area (Å²) in [7, 11) is 0. The summed E-state index contributed by atoms with van der Waals surface area (Å²) in [6, 6.07) is 8.50. The first-order chi connectivity index (χ1) is 12.8. The molecule has 142 valence electrons. The van der Waals surface area contributed by atoms with Crippen molar-refractivity contribution in [1.29, 1.82) is 0 Å². The van der Waals surface area contributed by atoms with Crippen LogP contribution in [0.3, 0.4) is 0 Å². The molecule has 0 spiro atoms. The first-order valence-electron chi connectivity index (χ1n) is 9.94. The Bertz CT molecular complexity index is 718. The average Bonchev–Trinajstić information content (AvgIpc) is 3.41. The first-order valence-corrected chi connectivity index (χ1v) is 9.94. The highest BCUT2D eigenvalue weighted by Crippen LogP contribution is 2.28. The van der Waals surface area contributed by atoms with Gasteiger partial charge >= 0.3 is 0 Å². The van der Waals surface area contributed by atoms with Crippen LogP contribution in [0.2, 0.25) is 0 Å². The lowest BCUT2D eigenvalue weighted by Crippen LogP contribution is -2.38. The Kier molecular flexibility index (Phi) is 6.95. The standard InChI is InChI=1S/C21H32N4O/c1-3-22-21(23-12-6-14-26-15-17-9-10-17)24-13-11-18-16(2)25-20-8-5-4-7-19(18)20/h4-5,7-8,17,25H,3,6,9-15H2,1-2H3,(H2,22,23,24). The number of aromatic nitrogens is 1. The number of benzene rings is 1. The van der Waals surface area contributed by atoms with E-state index in [1.807, 2.05) is 0 Å². The summed E-state index contributed by atoms with van der Waals surface area (Å²) in [5.74, 6) is 1.73. The van der Waals surface area contributed by atoms with Gasteiger partial charge in [-0.2, -0.15) is 0 Å². The fraction of sp³-hybridized carbons (Fsp3) is 0.571. The van der Waals surface area contributed by atoms with Gasteiger partial charge in [0.15, 0.2) is 5.96 Å². The second kappa shape index (κ2) is 9.62. The smallest absolute Gasteiger partial charge is 0.191 e. The van der Waals surface area contributed by atoms with E-state index in [4.69, 9.17) is 4.74 Å². The van der Waals surface area contributed by atoms with E-state index < -0.39 is 0 Å². The second-order valence-electron chi connectivity index (χ2n) is 7.08. The number of aromatic amines is 1. The maximum absolute atomic E-state index is 5.67. The van der Waals surface area contributed by atoms with Gasteiger partial charge in [0.05, 0.1) is 0 Å². The Balaban J connectivity index is 1.43. The topological polar surface area (TPSA) is 61.4 Å². The number of para-hydroxylation sites is 1. The lowest BCUT2D eigenvalue weighted by atomic mass is 10.1. The number of nitrogens with one attached hydrogen (secondary N) is 3. The van der Waals surface area contributed by atoms with Crippen LogP contribution < -0.4 is 10.6 Å². The Hall–Kier alpha value is -2.01. The highest BCUT2D eigenvalue weighted by molar-refractivity contribution is 5.84. The molecule has 1 fully saturated rings. The molecule has 3 rings (SSSR count). The molecule has 1 aromatic carbocycles. The molecule has 3 N–H and O–H groups in total. The third-order valence-electron chi connectivity index (χ3n) is 4.81. The molecular formula is C21H32N4O. The number of nitrogens with zero attached hydrogens (tertiary/aromatic N) is 1. The Morgan fingerprint density at radius 2 is 2.12 bits per heavy atom. The first kappa shape index (κ1) is 18.8. The van der Waals surface area contributed by atoms with Crippen LogP contribution in [0.1, 0.15) is 37.4 Å². The van der Waals surface area contributed by atoms with Crippen molar-refractivity contribution in [2.75, 3.05) is 32.8 Å². The average molecular weight is 357 g/mol. The minimum absolute atomic E-state index is 0.798. The third kappa shape index (κ3) is 5.49. The molecule has 1 heterocycles. The number of rotatable bonds is 10. The van der Waals surface area contributed by atoms with Gasteiger partial charge in [-0.25, -0.2) is 0 Å². The van der Waals surface area contributed by atoms with Crippen molar-refractivity contribution in [1.82, 2.24) is 15.6 Å². The van der Waals surface area contributed by atoms with E-state index in [2.05, 4.69) is 58.7 Å². The fourth-order valence-corrected chi connectivity index (χ4v) is 3.20. The van der Waals surface area contributed by atoms with Crippen molar-refractivity contribution in [3.63, 3.8) is 0 Å². The lowest BCUT2D eigenvalue weighted by Gasteiger charge is -2.11. The molecule has 2 aromatic rings. The van der Waals surface area contributed by atoms with Crippen LogP contribution in [0.5, 0.6) is 0 Å². The van der Waals surface area contributed by atoms with Crippen LogP contribution in [-0.2, 0) is 11.2 Å². The summed E-state index contributed by atoms with van der Waals surface area (Å²) >= 11 is 0. The molecule has 0 aliphatic heterocycles. The van der Waals surface area contributed by atoms with E-state index in [1.165, 1.54) is 35.0 Å². The van der Waals surface area contributed by atoms with Gasteiger partial charge in [-0.3, -0.25) is 4.99 Å². The molecule has 5 heteroatoms. The number of ether oxygens (including phenoxy) is 1. The highest BCUT2D eigenvalue weighted by Gasteiger charge is 2.20. The van der Waals surface area contributed by atoms with Crippen molar-refractivity contribution in [2.45, 2.75) is 39.5 Å². The molecule has 5 nitrogen and oxygen atoms in total. The molecule has 0 bridgehead atoms. The van der Waals surface area contributed by atoms with Crippen LogP contribution in [0.15, 0.2) is 29.3 Å². The number of aryl methyl sites for hydroxylation is 1. The molecular weight excluding hydrogens is 324 g/mol. The molecule has 0 atom stereocenters. The number of hydrogen-bond acceptors (Lipinski definition) is 2. The van der Waals surface area contributed by atoms with Gasteiger partial charge in [0.2, 0.25) is 0 Å². The quantitative estimate of drug-likeness (QED) is 0.347. The second-order valence-corrected chi connectivity index (χ2v) is 7.08. The van der Waals surface area contributed by atoms with Crippen molar-refractivity contribution in [3.05, 3.63) is 35.5 Å². The molecule has 1 aromatic heterocycles. The summed E-state index contributed by atoms with van der Waals surface area (Å²) in [5, 5.41) is 8.10. The molecule has 0 saturated heterocycles. The van der Waals surface area contributed by atoms with Gasteiger partial charge in [-0.15, -0.1) is 0 Å². The van der Waals surface area contributed by atoms with E-state index >= 15 is 0 Å². The number of fused-ring (bicyclic) bond motifs is 1. The maximum Gasteiger partial charge on any atom is 0.191 e. The molecule has 0 amide bonds. The normalized spacial score (nSPS) is 14.8. The number of guanidine groups is 1. The maximum atomic E-state index is 5.67. The zero-order chi connectivity index (χ0) is 18.2. The highest BCUT2D eigenvalue weighted by atomic mass is 16.5. The van der Waals surface area contributed by atoms with Crippen LogP contribution >= 0.6 is 0 Å². The Labute approximate surface area is 156 Å². The van der Waals surface area contributed by atoms with Crippen molar-refractivity contribution in [2.24, 2.45) is 10.9 Å². The molecule has 0 unspecified atom stereocenters. The van der Waals surface area contributed by atoms with Gasteiger partial charge in [-0.05, 0) is 57.1 Å². The number of hydrogen-bond donors (Lipinski definition) is 3. The van der Waals surface area contributed by atoms with E-state index in [0.717, 1.165) is 57.6 Å². The van der Waals surface area contributed by atoms with Gasteiger partial charge in [0.25, 0.3) is 0 Å². The summed E-state index contributed by atoms with van der Waals surface area (Å²) in [6.45, 7) is 8.53. The van der Waals surface area contributed by atoms with Crippen molar-refractivity contribution in [3.8, 4) is 0 Å². The number of aliphatic imine (C=N–C) groups is 1. The van der Waals surface area contributed by atoms with Gasteiger partial charge in [-0.1, -0.05) is 18.2 Å². The minimum atomic E-state index is 0.798. The van der Waals surface area contributed by atoms with E-state index in [1.54, 1.807) is 0 Å². The summed E-state index contributed by atoms with van der Waals surface area (Å²) in [4.78, 5) is 8.12. The third-order valence-corrected chi connectivity index (χ3v) is 4.81. The summed E-state index contributed by atoms with van der Waals surface area (Å²) in [5.41, 5.74) is 3.85. The Morgan fingerprint density at radius 3 is 2.92 bits per heavy atom. The molecule has 1 aliphatic carbocycles. The van der Waals surface area contributed by atoms with Crippen LogP contribution in [0.25, 0.3) is 10.9 Å². The van der Waals surface area contributed by atoms with Crippen molar-refractivity contribution >= 4 is 16.9 Å². The number of H-pyrrole nitrogens is 1. The summed E-state index contributed by atoms with van der Waals surface area (Å²) < 4.78 is 5.67. The van der Waals surface area contributed by atoms with E-state index in [-0.39, 0.29) is 0 Å². The van der Waals surface area contributed by atoms with Crippen LogP contribution in [0.4, 0.5) is 0 Å². The zero-order valence-electron chi connectivity index (χ0n) is 16.1. The van der Waals surface area contributed by atoms with E-state index in [0.29, 0.717) is 0 Å². The summed E-state index contributed by atoms with van der Waals surface area (Å²) in [6.07, 6.45) is 4.65. The van der Waals surface area contributed by atoms with Gasteiger partial charge in [0, 0.05) is 49.4 Å². The predicted octanol–water partition coefficient (Wildman–Crippen LogP) is 3.39. The van der Waals surface area contributed by atoms with E-state index in [9.17, 15) is 0 Å². The largest absolute Gasteiger partial charge is 0.381 e. The fourth-order valence-electron chi connectivity index (χ4n) is 3.20. The Morgan fingerprint density at radius 1 is 1.27 bits per heavy atom. The molecule has 0 radical (unpaired) electrons. The lowest BCUT2D eigenvalue weighted by molar-refractivity contribution is 0.123. The monoisotopic (exact) mass is 356 g/mol. The molecule has 1 saturated carbocycles. The predicted molar refractivity (Wildman–Crippen MR) is 109 cm³/mol. The van der Waals surface area contributed by atoms with Crippen LogP contribution in [-0.4, -0.2) is 43.8 Å². The van der Waals surface area contributed by atoms with Crippen molar-refractivity contribution < 1.29 is 4.74 Å². The minimum Gasteiger partial charge on any atom is -0.381 e. The van der Waals surface area contributed by atoms with Gasteiger partial charge < -0.3 is 20.4 Å². The van der Waals surface area contributed by atoms with Crippen LogP contribution in [0, 0.1) is 12.8 Å². The molecule has 26 heavy (non-hydrogen) atoms. The molecule has 1 aliphatic rings. The zero-order valence-corrected chi connectivity index (χ0v) is 16.1.